The van der Waals surface area contributed by atoms with E-state index in [-0.39, 0.29) is 22.3 Å². The van der Waals surface area contributed by atoms with E-state index >= 15 is 0 Å². The number of fused-ring (bicyclic) bond motifs is 2. The molecule has 1 aromatic heterocycles. The molecule has 0 unspecified atom stereocenters. The number of aromatic amines is 2. The Labute approximate surface area is 149 Å². The average molecular weight is 351 g/mol. The zero-order valence-corrected chi connectivity index (χ0v) is 14.5. The number of aryl methyl sites for hydroxylation is 1. The van der Waals surface area contributed by atoms with E-state index in [0.29, 0.717) is 16.5 Å². The van der Waals surface area contributed by atoms with Crippen LogP contribution < -0.4 is 5.56 Å². The van der Waals surface area contributed by atoms with Crippen LogP contribution in [0.4, 0.5) is 0 Å². The van der Waals surface area contributed by atoms with Crippen LogP contribution in [0.15, 0.2) is 47.3 Å². The van der Waals surface area contributed by atoms with Crippen LogP contribution in [0, 0.1) is 4.77 Å². The van der Waals surface area contributed by atoms with Crippen LogP contribution in [-0.2, 0) is 6.42 Å². The van der Waals surface area contributed by atoms with Crippen molar-refractivity contribution in [1.29, 1.82) is 0 Å². The quantitative estimate of drug-likeness (QED) is 0.696. The van der Waals surface area contributed by atoms with Gasteiger partial charge in [-0.05, 0) is 54.4 Å². The first-order valence-electron chi connectivity index (χ1n) is 8.16. The molecule has 0 bridgehead atoms. The number of carbonyl (C=O) groups is 1. The maximum Gasteiger partial charge on any atom is 0.259 e. The average Bonchev–Trinajstić information content (AvgIpc) is 3.04. The highest BCUT2D eigenvalue weighted by molar-refractivity contribution is 7.71. The van der Waals surface area contributed by atoms with Gasteiger partial charge in [-0.1, -0.05) is 24.3 Å². The zero-order valence-electron chi connectivity index (χ0n) is 13.7. The van der Waals surface area contributed by atoms with E-state index in [1.54, 1.807) is 23.1 Å². The molecule has 5 nitrogen and oxygen atoms in total. The summed E-state index contributed by atoms with van der Waals surface area (Å²) in [6.45, 7) is 0. The van der Waals surface area contributed by atoms with Gasteiger partial charge in [-0.25, -0.2) is 0 Å². The molecule has 1 aliphatic rings. The fraction of sp³-hybridized carbons (Fsp3) is 0.211. The summed E-state index contributed by atoms with van der Waals surface area (Å²) in [4.78, 5) is 32.2. The SMILES string of the molecule is CN(C(=O)c1ccc2c(=O)[nH]c(=S)[nH]c2c1)[C@H]1CCc2ccccc21. The van der Waals surface area contributed by atoms with Crippen LogP contribution in [0.3, 0.4) is 0 Å². The second-order valence-corrected chi connectivity index (χ2v) is 6.75. The maximum atomic E-state index is 13.0. The van der Waals surface area contributed by atoms with Gasteiger partial charge < -0.3 is 9.88 Å². The first-order valence-corrected chi connectivity index (χ1v) is 8.57. The van der Waals surface area contributed by atoms with Gasteiger partial charge >= 0.3 is 0 Å². The van der Waals surface area contributed by atoms with Crippen LogP contribution in [-0.4, -0.2) is 27.8 Å². The number of hydrogen-bond donors (Lipinski definition) is 2. The number of nitrogens with one attached hydrogen (secondary N) is 2. The molecule has 0 fully saturated rings. The molecule has 1 amide bonds. The second-order valence-electron chi connectivity index (χ2n) is 6.34. The van der Waals surface area contributed by atoms with Crippen molar-refractivity contribution >= 4 is 29.0 Å². The zero-order chi connectivity index (χ0) is 17.6. The highest BCUT2D eigenvalue weighted by Crippen LogP contribution is 2.35. The minimum Gasteiger partial charge on any atom is -0.335 e. The van der Waals surface area contributed by atoms with Crippen LogP contribution >= 0.6 is 12.2 Å². The number of carbonyl (C=O) groups excluding carboxylic acids is 1. The van der Waals surface area contributed by atoms with E-state index in [4.69, 9.17) is 12.2 Å². The summed E-state index contributed by atoms with van der Waals surface area (Å²) in [5, 5.41) is 0.485. The normalized spacial score (nSPS) is 16.0. The summed E-state index contributed by atoms with van der Waals surface area (Å²) in [6, 6.07) is 13.4. The van der Waals surface area contributed by atoms with Crippen molar-refractivity contribution in [2.45, 2.75) is 18.9 Å². The predicted octanol–water partition coefficient (Wildman–Crippen LogP) is 3.35. The van der Waals surface area contributed by atoms with Gasteiger partial charge in [0.1, 0.15) is 0 Å². The van der Waals surface area contributed by atoms with Gasteiger partial charge in [0.05, 0.1) is 16.9 Å². The molecule has 0 radical (unpaired) electrons. The van der Waals surface area contributed by atoms with Gasteiger partial charge in [-0.2, -0.15) is 0 Å². The molecule has 3 aromatic rings. The molecule has 2 N–H and O–H groups in total. The van der Waals surface area contributed by atoms with E-state index in [2.05, 4.69) is 22.1 Å². The lowest BCUT2D eigenvalue weighted by Gasteiger charge is -2.25. The fourth-order valence-electron chi connectivity index (χ4n) is 3.58. The first-order chi connectivity index (χ1) is 12.0. The van der Waals surface area contributed by atoms with Crippen molar-refractivity contribution in [2.75, 3.05) is 7.05 Å². The number of nitrogens with zero attached hydrogens (tertiary/aromatic N) is 1. The van der Waals surface area contributed by atoms with Gasteiger partial charge in [0, 0.05) is 12.6 Å². The molecule has 1 aliphatic carbocycles. The van der Waals surface area contributed by atoms with E-state index in [1.807, 2.05) is 19.2 Å². The summed E-state index contributed by atoms with van der Waals surface area (Å²) in [6.07, 6.45) is 1.91. The fourth-order valence-corrected chi connectivity index (χ4v) is 3.79. The van der Waals surface area contributed by atoms with E-state index in [1.165, 1.54) is 11.1 Å². The number of hydrogen-bond acceptors (Lipinski definition) is 3. The highest BCUT2D eigenvalue weighted by atomic mass is 32.1. The minimum absolute atomic E-state index is 0.0665. The third kappa shape index (κ3) is 2.68. The molecule has 6 heteroatoms. The predicted molar refractivity (Wildman–Crippen MR) is 99.4 cm³/mol. The molecular formula is C19H17N3O2S. The number of aromatic nitrogens is 2. The number of rotatable bonds is 2. The summed E-state index contributed by atoms with van der Waals surface area (Å²) in [5.74, 6) is -0.0665. The minimum atomic E-state index is -0.254. The van der Waals surface area contributed by atoms with Gasteiger partial charge in [0.2, 0.25) is 0 Å². The van der Waals surface area contributed by atoms with Crippen LogP contribution in [0.25, 0.3) is 10.9 Å². The monoisotopic (exact) mass is 351 g/mol. The molecule has 0 aliphatic heterocycles. The van der Waals surface area contributed by atoms with E-state index < -0.39 is 0 Å². The lowest BCUT2D eigenvalue weighted by Crippen LogP contribution is -2.30. The van der Waals surface area contributed by atoms with Crippen molar-refractivity contribution in [2.24, 2.45) is 0 Å². The van der Waals surface area contributed by atoms with Gasteiger partial charge in [0.25, 0.3) is 11.5 Å². The Balaban J connectivity index is 1.70. The van der Waals surface area contributed by atoms with Crippen LogP contribution in [0.2, 0.25) is 0 Å². The summed E-state index contributed by atoms with van der Waals surface area (Å²) in [7, 11) is 1.83. The topological polar surface area (TPSA) is 69.0 Å². The van der Waals surface area contributed by atoms with E-state index in [9.17, 15) is 9.59 Å². The third-order valence-corrected chi connectivity index (χ3v) is 5.08. The Hall–Kier alpha value is -2.73. The molecule has 2 aromatic carbocycles. The number of amides is 1. The molecule has 25 heavy (non-hydrogen) atoms. The third-order valence-electron chi connectivity index (χ3n) is 4.88. The number of H-pyrrole nitrogens is 2. The van der Waals surface area contributed by atoms with Gasteiger partial charge in [-0.15, -0.1) is 0 Å². The summed E-state index contributed by atoms with van der Waals surface area (Å²) in [5.41, 5.74) is 3.38. The standard InChI is InChI=1S/C19H17N3O2S/c1-22(16-9-7-11-4-2-3-5-13(11)16)18(24)12-6-8-14-15(10-12)20-19(25)21-17(14)23/h2-6,8,10,16H,7,9H2,1H3,(H2,20,21,23,25)/t16-/m0/s1. The van der Waals surface area contributed by atoms with E-state index in [0.717, 1.165) is 12.8 Å². The van der Waals surface area contributed by atoms with Crippen molar-refractivity contribution < 1.29 is 4.79 Å². The molecule has 1 heterocycles. The Morgan fingerprint density at radius 3 is 2.84 bits per heavy atom. The highest BCUT2D eigenvalue weighted by Gasteiger charge is 2.28. The van der Waals surface area contributed by atoms with Crippen LogP contribution in [0.5, 0.6) is 0 Å². The van der Waals surface area contributed by atoms with Crippen molar-refractivity contribution in [3.05, 3.63) is 74.3 Å². The van der Waals surface area contributed by atoms with Crippen molar-refractivity contribution in [3.8, 4) is 0 Å². The summed E-state index contributed by atoms with van der Waals surface area (Å²) < 4.78 is 0.250. The Kier molecular flexibility index (Phi) is 3.77. The van der Waals surface area contributed by atoms with Gasteiger partial charge in [0.15, 0.2) is 4.77 Å². The Morgan fingerprint density at radius 1 is 1.20 bits per heavy atom. The lowest BCUT2D eigenvalue weighted by atomic mass is 10.1. The molecule has 4 rings (SSSR count). The smallest absolute Gasteiger partial charge is 0.259 e. The van der Waals surface area contributed by atoms with Crippen molar-refractivity contribution in [1.82, 2.24) is 14.9 Å². The molecule has 0 spiro atoms. The second kappa shape index (κ2) is 5.97. The Morgan fingerprint density at radius 2 is 2.00 bits per heavy atom. The lowest BCUT2D eigenvalue weighted by molar-refractivity contribution is 0.0730. The maximum absolute atomic E-state index is 13.0. The number of benzene rings is 2. The largest absolute Gasteiger partial charge is 0.335 e. The van der Waals surface area contributed by atoms with Crippen molar-refractivity contribution in [3.63, 3.8) is 0 Å². The summed E-state index contributed by atoms with van der Waals surface area (Å²) >= 11 is 5.01. The van der Waals surface area contributed by atoms with Gasteiger partial charge in [-0.3, -0.25) is 14.6 Å². The molecular weight excluding hydrogens is 334 g/mol. The Bertz CT molecular complexity index is 1100. The molecule has 0 saturated carbocycles. The molecule has 0 saturated heterocycles. The molecule has 1 atom stereocenters. The first kappa shape index (κ1) is 15.8. The molecule has 126 valence electrons. The van der Waals surface area contributed by atoms with Crippen LogP contribution in [0.1, 0.15) is 33.9 Å².